The highest BCUT2D eigenvalue weighted by molar-refractivity contribution is 5.85. The Morgan fingerprint density at radius 2 is 2.04 bits per heavy atom. The number of carbonyl (C=O) groups is 1. The van der Waals surface area contributed by atoms with E-state index < -0.39 is 22.2 Å². The maximum absolute atomic E-state index is 13.2. The summed E-state index contributed by atoms with van der Waals surface area (Å²) in [5, 5.41) is 21.4. The van der Waals surface area contributed by atoms with Gasteiger partial charge in [0.2, 0.25) is 0 Å². The summed E-state index contributed by atoms with van der Waals surface area (Å²) in [5.74, 6) is 1.12. The Kier molecular flexibility index (Phi) is 4.51. The van der Waals surface area contributed by atoms with Crippen molar-refractivity contribution in [3.63, 3.8) is 0 Å². The van der Waals surface area contributed by atoms with Gasteiger partial charge in [0.1, 0.15) is 5.41 Å². The maximum Gasteiger partial charge on any atom is 0.316 e. The molecule has 0 aromatic carbocycles. The molecule has 4 nitrogen and oxygen atoms in total. The highest BCUT2D eigenvalue weighted by atomic mass is 16.5. The van der Waals surface area contributed by atoms with E-state index in [0.29, 0.717) is 37.4 Å². The van der Waals surface area contributed by atoms with Crippen LogP contribution in [0.3, 0.4) is 0 Å². The first-order valence-corrected chi connectivity index (χ1v) is 11.1. The molecule has 28 heavy (non-hydrogen) atoms. The SMILES string of the molecule is CC(C)COCC12CC3C(CC[C@H]3C)[C@@]3(C#N)CC1C=C(C(C)C)C23C(=O)O. The van der Waals surface area contributed by atoms with Gasteiger partial charge >= 0.3 is 5.97 Å². The summed E-state index contributed by atoms with van der Waals surface area (Å²) in [4.78, 5) is 13.2. The van der Waals surface area contributed by atoms with E-state index in [1.165, 1.54) is 0 Å². The standard InChI is InChI=1S/C24H35NO3/c1-14(2)11-28-13-23-10-18-16(5)6-7-19(18)22(12-25)9-17(23)8-20(15(3)4)24(22,23)21(26)27/h8,14-19H,6-7,9-11,13H2,1-5H3,(H,26,27)/t16-,17?,18?,19?,22+,23?,24?/m1/s1. The molecule has 0 aromatic rings. The van der Waals surface area contributed by atoms with Crippen molar-refractivity contribution in [2.45, 2.75) is 60.3 Å². The van der Waals surface area contributed by atoms with Crippen LogP contribution >= 0.6 is 0 Å². The molecule has 0 saturated heterocycles. The number of carboxylic acid groups (broad SMARTS) is 1. The Hall–Kier alpha value is -1.34. The molecule has 4 aliphatic carbocycles. The quantitative estimate of drug-likeness (QED) is 0.660. The van der Waals surface area contributed by atoms with Crippen molar-refractivity contribution in [2.24, 2.45) is 51.8 Å². The molecule has 0 spiro atoms. The zero-order chi connectivity index (χ0) is 20.5. The summed E-state index contributed by atoms with van der Waals surface area (Å²) in [5.41, 5.74) is -1.34. The van der Waals surface area contributed by atoms with Crippen molar-refractivity contribution in [1.29, 1.82) is 5.26 Å². The van der Waals surface area contributed by atoms with Gasteiger partial charge in [-0.25, -0.2) is 0 Å². The predicted molar refractivity (Wildman–Crippen MR) is 107 cm³/mol. The lowest BCUT2D eigenvalue weighted by atomic mass is 9.43. The Labute approximate surface area is 169 Å². The number of nitriles is 1. The fraction of sp³-hybridized carbons (Fsp3) is 0.833. The van der Waals surface area contributed by atoms with Crippen LogP contribution in [0.15, 0.2) is 11.6 Å². The Bertz CT molecular complexity index is 749. The average Bonchev–Trinajstić information content (AvgIpc) is 3.18. The van der Waals surface area contributed by atoms with Crippen LogP contribution in [0.2, 0.25) is 0 Å². The smallest absolute Gasteiger partial charge is 0.316 e. The molecular formula is C24H35NO3. The normalized spacial score (nSPS) is 46.0. The third-order valence-corrected chi connectivity index (χ3v) is 8.85. The molecule has 1 N–H and O–H groups in total. The van der Waals surface area contributed by atoms with Gasteiger partial charge in [-0.3, -0.25) is 4.79 Å². The average molecular weight is 386 g/mol. The number of ether oxygens (including phenoxy) is 1. The van der Waals surface area contributed by atoms with Crippen LogP contribution in [0, 0.1) is 63.1 Å². The van der Waals surface area contributed by atoms with E-state index in [-0.39, 0.29) is 17.8 Å². The van der Waals surface area contributed by atoms with Gasteiger partial charge in [-0.15, -0.1) is 0 Å². The van der Waals surface area contributed by atoms with Gasteiger partial charge in [0.05, 0.1) is 18.1 Å². The van der Waals surface area contributed by atoms with Crippen LogP contribution in [0.25, 0.3) is 0 Å². The van der Waals surface area contributed by atoms with Crippen molar-refractivity contribution < 1.29 is 14.6 Å². The van der Waals surface area contributed by atoms with E-state index in [4.69, 9.17) is 4.74 Å². The molecule has 5 unspecified atom stereocenters. The summed E-state index contributed by atoms with van der Waals surface area (Å²) in [6.45, 7) is 11.8. The van der Waals surface area contributed by atoms with Crippen molar-refractivity contribution in [2.75, 3.05) is 13.2 Å². The maximum atomic E-state index is 13.2. The number of fused-ring (bicyclic) bond motifs is 2. The Balaban J connectivity index is 1.91. The molecular weight excluding hydrogens is 350 g/mol. The number of aliphatic carboxylic acids is 1. The van der Waals surface area contributed by atoms with Crippen molar-refractivity contribution in [1.82, 2.24) is 0 Å². The van der Waals surface area contributed by atoms with Crippen molar-refractivity contribution >= 4 is 5.97 Å². The summed E-state index contributed by atoms with van der Waals surface area (Å²) in [7, 11) is 0. The van der Waals surface area contributed by atoms with Crippen LogP contribution in [-0.4, -0.2) is 24.3 Å². The molecule has 3 saturated carbocycles. The van der Waals surface area contributed by atoms with E-state index >= 15 is 0 Å². The molecule has 4 heteroatoms. The van der Waals surface area contributed by atoms with Gasteiger partial charge in [-0.05, 0) is 54.8 Å². The second-order valence-electron chi connectivity index (χ2n) is 10.8. The number of nitrogens with zero attached hydrogens (tertiary/aromatic N) is 1. The number of carboxylic acids is 1. The van der Waals surface area contributed by atoms with E-state index in [1.807, 2.05) is 0 Å². The lowest BCUT2D eigenvalue weighted by Crippen LogP contribution is -2.62. The molecule has 4 aliphatic rings. The largest absolute Gasteiger partial charge is 0.481 e. The molecule has 0 heterocycles. The first-order chi connectivity index (χ1) is 13.2. The molecule has 4 rings (SSSR count). The first-order valence-electron chi connectivity index (χ1n) is 11.1. The second-order valence-corrected chi connectivity index (χ2v) is 10.8. The molecule has 0 aliphatic heterocycles. The minimum Gasteiger partial charge on any atom is -0.481 e. The molecule has 0 aromatic heterocycles. The molecule has 7 atom stereocenters. The number of rotatable bonds is 6. The highest BCUT2D eigenvalue weighted by Gasteiger charge is 2.84. The van der Waals surface area contributed by atoms with E-state index in [1.54, 1.807) is 0 Å². The van der Waals surface area contributed by atoms with Gasteiger partial charge in [-0.2, -0.15) is 5.26 Å². The number of allylic oxidation sites excluding steroid dienone is 1. The molecule has 154 valence electrons. The van der Waals surface area contributed by atoms with Crippen LogP contribution in [0.4, 0.5) is 0 Å². The lowest BCUT2D eigenvalue weighted by Gasteiger charge is -2.57. The van der Waals surface area contributed by atoms with Crippen LogP contribution in [-0.2, 0) is 9.53 Å². The second kappa shape index (κ2) is 6.33. The fourth-order valence-electron chi connectivity index (χ4n) is 8.02. The Morgan fingerprint density at radius 3 is 2.61 bits per heavy atom. The van der Waals surface area contributed by atoms with Crippen LogP contribution < -0.4 is 0 Å². The zero-order valence-corrected chi connectivity index (χ0v) is 18.0. The predicted octanol–water partition coefficient (Wildman–Crippen LogP) is 4.91. The van der Waals surface area contributed by atoms with Gasteiger partial charge in [0.15, 0.2) is 0 Å². The van der Waals surface area contributed by atoms with Gasteiger partial charge in [-0.1, -0.05) is 52.7 Å². The zero-order valence-electron chi connectivity index (χ0n) is 18.0. The van der Waals surface area contributed by atoms with E-state index in [2.05, 4.69) is 46.8 Å². The monoisotopic (exact) mass is 385 g/mol. The summed E-state index contributed by atoms with van der Waals surface area (Å²) in [6.07, 6.45) is 5.95. The summed E-state index contributed by atoms with van der Waals surface area (Å²) in [6, 6.07) is 2.69. The lowest BCUT2D eigenvalue weighted by molar-refractivity contribution is -0.179. The summed E-state index contributed by atoms with van der Waals surface area (Å²) >= 11 is 0. The van der Waals surface area contributed by atoms with Gasteiger partial charge in [0.25, 0.3) is 0 Å². The molecule has 3 fully saturated rings. The van der Waals surface area contributed by atoms with Gasteiger partial charge < -0.3 is 9.84 Å². The summed E-state index contributed by atoms with van der Waals surface area (Å²) < 4.78 is 6.21. The minimum absolute atomic E-state index is 0.133. The molecule has 0 amide bonds. The first kappa shape index (κ1) is 20.0. The molecule has 4 bridgehead atoms. The third-order valence-electron chi connectivity index (χ3n) is 8.85. The van der Waals surface area contributed by atoms with Gasteiger partial charge in [0, 0.05) is 12.0 Å². The number of hydrogen-bond donors (Lipinski definition) is 1. The van der Waals surface area contributed by atoms with Crippen molar-refractivity contribution in [3.8, 4) is 6.07 Å². The minimum atomic E-state index is -1.09. The van der Waals surface area contributed by atoms with Crippen LogP contribution in [0.5, 0.6) is 0 Å². The fourth-order valence-corrected chi connectivity index (χ4v) is 8.02. The van der Waals surface area contributed by atoms with Crippen LogP contribution in [0.1, 0.15) is 60.3 Å². The Morgan fingerprint density at radius 1 is 1.32 bits per heavy atom. The third kappa shape index (κ3) is 2.07. The van der Waals surface area contributed by atoms with Crippen molar-refractivity contribution in [3.05, 3.63) is 11.6 Å². The topological polar surface area (TPSA) is 70.3 Å². The van der Waals surface area contributed by atoms with E-state index in [0.717, 1.165) is 24.8 Å². The van der Waals surface area contributed by atoms with E-state index in [9.17, 15) is 15.2 Å². The highest BCUT2D eigenvalue weighted by Crippen LogP contribution is 2.83. The molecule has 0 radical (unpaired) electrons. The number of hydrogen-bond acceptors (Lipinski definition) is 3.